The molecule has 1 nitrogen and oxygen atoms in total. The number of hydrogen-bond acceptors (Lipinski definition) is 1. The fraction of sp³-hybridized carbons (Fsp3) is 0.917. The van der Waals surface area contributed by atoms with Gasteiger partial charge in [0.15, 0.2) is 5.12 Å². The number of carbonyl (C=O) groups is 1. The molecule has 0 aromatic heterocycles. The maximum absolute atomic E-state index is 10.5. The summed E-state index contributed by atoms with van der Waals surface area (Å²) in [5.41, 5.74) is 0. The molecule has 0 aliphatic rings. The Labute approximate surface area is 122 Å². The molecule has 0 aromatic rings. The van der Waals surface area contributed by atoms with Crippen LogP contribution in [0.5, 0.6) is 0 Å². The van der Waals surface area contributed by atoms with Gasteiger partial charge >= 0.3 is 0 Å². The molecule has 1 radical (unpaired) electrons. The van der Waals surface area contributed by atoms with Crippen molar-refractivity contribution in [2.45, 2.75) is 71.1 Å². The van der Waals surface area contributed by atoms with Crippen LogP contribution >= 0.6 is 12.6 Å². The second-order valence-corrected chi connectivity index (χ2v) is 4.47. The van der Waals surface area contributed by atoms with Gasteiger partial charge in [-0.25, -0.2) is 0 Å². The van der Waals surface area contributed by atoms with E-state index >= 15 is 0 Å². The van der Waals surface area contributed by atoms with Gasteiger partial charge in [-0.3, -0.25) is 4.79 Å². The summed E-state index contributed by atoms with van der Waals surface area (Å²) in [6.07, 6.45) is 12.4. The Balaban J connectivity index is 0. The van der Waals surface area contributed by atoms with Gasteiger partial charge in [-0.05, 0) is 6.42 Å². The standard InChI is InChI=1S/C12H24OS.Na/c1-2-3-4-5-6-7-8-9-10-11-12(13)14;/h2-11H2,1H3,(H,13,14);. The van der Waals surface area contributed by atoms with E-state index in [9.17, 15) is 4.79 Å². The third-order valence-electron chi connectivity index (χ3n) is 2.49. The van der Waals surface area contributed by atoms with Gasteiger partial charge in [0.25, 0.3) is 0 Å². The van der Waals surface area contributed by atoms with Crippen molar-refractivity contribution in [3.8, 4) is 0 Å². The number of thiol groups is 1. The van der Waals surface area contributed by atoms with E-state index in [-0.39, 0.29) is 34.7 Å². The predicted octanol–water partition coefficient (Wildman–Crippen LogP) is 3.98. The molecule has 0 fully saturated rings. The first-order chi connectivity index (χ1) is 6.77. The molecule has 85 valence electrons. The van der Waals surface area contributed by atoms with Gasteiger partial charge in [-0.2, -0.15) is 0 Å². The maximum Gasteiger partial charge on any atom is 0.185 e. The summed E-state index contributed by atoms with van der Waals surface area (Å²) >= 11 is 3.74. The van der Waals surface area contributed by atoms with Gasteiger partial charge in [0.2, 0.25) is 0 Å². The molecule has 15 heavy (non-hydrogen) atoms. The van der Waals surface area contributed by atoms with Crippen molar-refractivity contribution in [1.82, 2.24) is 0 Å². The van der Waals surface area contributed by atoms with Gasteiger partial charge in [0.1, 0.15) is 0 Å². The van der Waals surface area contributed by atoms with E-state index in [4.69, 9.17) is 0 Å². The van der Waals surface area contributed by atoms with Crippen molar-refractivity contribution in [3.63, 3.8) is 0 Å². The van der Waals surface area contributed by atoms with Gasteiger partial charge in [-0.15, -0.1) is 12.6 Å². The van der Waals surface area contributed by atoms with Crippen LogP contribution in [-0.4, -0.2) is 34.7 Å². The van der Waals surface area contributed by atoms with Crippen molar-refractivity contribution in [2.75, 3.05) is 0 Å². The SMILES string of the molecule is CCCCCCCCCCCC(=O)S.[Na]. The Morgan fingerprint density at radius 1 is 0.867 bits per heavy atom. The monoisotopic (exact) mass is 239 g/mol. The van der Waals surface area contributed by atoms with Crippen molar-refractivity contribution in [3.05, 3.63) is 0 Å². The molecule has 0 aliphatic carbocycles. The Bertz CT molecular complexity index is 140. The van der Waals surface area contributed by atoms with Gasteiger partial charge in [-0.1, -0.05) is 58.3 Å². The first-order valence-corrected chi connectivity index (χ1v) is 6.44. The van der Waals surface area contributed by atoms with Crippen LogP contribution in [0.1, 0.15) is 71.1 Å². The molecule has 0 N–H and O–H groups in total. The van der Waals surface area contributed by atoms with Crippen LogP contribution in [0.15, 0.2) is 0 Å². The molecule has 0 rings (SSSR count). The topological polar surface area (TPSA) is 17.1 Å². The molecule has 0 saturated heterocycles. The summed E-state index contributed by atoms with van der Waals surface area (Å²) in [5.74, 6) is 0. The molecular formula is C12H24NaOS. The first-order valence-electron chi connectivity index (χ1n) is 5.99. The van der Waals surface area contributed by atoms with Gasteiger partial charge in [0, 0.05) is 36.0 Å². The molecular weight excluding hydrogens is 215 g/mol. The van der Waals surface area contributed by atoms with E-state index in [0.29, 0.717) is 6.42 Å². The maximum atomic E-state index is 10.5. The van der Waals surface area contributed by atoms with Gasteiger partial charge < -0.3 is 0 Å². The van der Waals surface area contributed by atoms with Crippen LogP contribution in [0.3, 0.4) is 0 Å². The summed E-state index contributed by atoms with van der Waals surface area (Å²) in [6.45, 7) is 2.24. The molecule has 0 aromatic carbocycles. The van der Waals surface area contributed by atoms with E-state index in [1.807, 2.05) is 0 Å². The fourth-order valence-electron chi connectivity index (χ4n) is 1.59. The van der Waals surface area contributed by atoms with E-state index in [1.54, 1.807) is 0 Å². The zero-order chi connectivity index (χ0) is 10.6. The second kappa shape index (κ2) is 15.0. The molecule has 0 aliphatic heterocycles. The third kappa shape index (κ3) is 17.6. The number of hydrogen-bond donors (Lipinski definition) is 1. The van der Waals surface area contributed by atoms with Crippen molar-refractivity contribution in [1.29, 1.82) is 0 Å². The van der Waals surface area contributed by atoms with Crippen molar-refractivity contribution < 1.29 is 4.79 Å². The third-order valence-corrected chi connectivity index (χ3v) is 2.72. The van der Waals surface area contributed by atoms with E-state index in [1.165, 1.54) is 51.4 Å². The van der Waals surface area contributed by atoms with Crippen molar-refractivity contribution in [2.24, 2.45) is 0 Å². The molecule has 0 amide bonds. The Hall–Kier alpha value is 1.02. The van der Waals surface area contributed by atoms with Crippen LogP contribution in [-0.2, 0) is 4.79 Å². The first kappa shape index (κ1) is 18.4. The summed E-state index contributed by atoms with van der Waals surface area (Å²) in [7, 11) is 0. The zero-order valence-corrected chi connectivity index (χ0v) is 13.3. The van der Waals surface area contributed by atoms with Crippen LogP contribution in [0.25, 0.3) is 0 Å². The average Bonchev–Trinajstić information content (AvgIpc) is 2.15. The van der Waals surface area contributed by atoms with Crippen LogP contribution < -0.4 is 0 Å². The number of unbranched alkanes of at least 4 members (excludes halogenated alkanes) is 8. The molecule has 0 heterocycles. The smallest absolute Gasteiger partial charge is 0.185 e. The largest absolute Gasteiger partial charge is 0.288 e. The van der Waals surface area contributed by atoms with Gasteiger partial charge in [0.05, 0.1) is 0 Å². The average molecular weight is 239 g/mol. The quantitative estimate of drug-likeness (QED) is 0.346. The van der Waals surface area contributed by atoms with E-state index < -0.39 is 0 Å². The number of rotatable bonds is 10. The summed E-state index contributed by atoms with van der Waals surface area (Å²) in [4.78, 5) is 10.5. The molecule has 0 spiro atoms. The molecule has 0 atom stereocenters. The predicted molar refractivity (Wildman–Crippen MR) is 71.6 cm³/mol. The Morgan fingerprint density at radius 2 is 1.27 bits per heavy atom. The summed E-state index contributed by atoms with van der Waals surface area (Å²) < 4.78 is 0. The normalized spacial score (nSPS) is 9.73. The molecule has 0 saturated carbocycles. The molecule has 3 heteroatoms. The minimum atomic E-state index is 0. The van der Waals surface area contributed by atoms with Crippen LogP contribution in [0, 0.1) is 0 Å². The van der Waals surface area contributed by atoms with Crippen molar-refractivity contribution >= 4 is 47.3 Å². The Kier molecular flexibility index (Phi) is 18.4. The Morgan fingerprint density at radius 3 is 1.67 bits per heavy atom. The summed E-state index contributed by atoms with van der Waals surface area (Å²) in [5, 5.41) is 0.0351. The van der Waals surface area contributed by atoms with E-state index in [0.717, 1.165) is 6.42 Å². The molecule has 0 unspecified atom stereocenters. The molecule has 0 bridgehead atoms. The van der Waals surface area contributed by atoms with E-state index in [2.05, 4.69) is 19.6 Å². The van der Waals surface area contributed by atoms with Crippen LogP contribution in [0.4, 0.5) is 0 Å². The minimum Gasteiger partial charge on any atom is -0.288 e. The number of carbonyl (C=O) groups excluding carboxylic acids is 1. The summed E-state index contributed by atoms with van der Waals surface area (Å²) in [6, 6.07) is 0. The fourth-order valence-corrected chi connectivity index (χ4v) is 1.74. The zero-order valence-electron chi connectivity index (χ0n) is 10.4. The second-order valence-electron chi connectivity index (χ2n) is 3.97. The minimum absolute atomic E-state index is 0. The van der Waals surface area contributed by atoms with Crippen LogP contribution in [0.2, 0.25) is 0 Å².